The standard InChI is InChI=1S/C13H21N3O/c1-5-9-6-12(15-8(2)14-9)16-10-7-11(17)13(10,3)4/h6,10-11,17H,5,7H2,1-4H3,(H,14,15,16). The summed E-state index contributed by atoms with van der Waals surface area (Å²) < 4.78 is 0. The third kappa shape index (κ3) is 2.27. The molecular weight excluding hydrogens is 214 g/mol. The van der Waals surface area contributed by atoms with Crippen molar-refractivity contribution >= 4 is 5.82 Å². The number of aryl methyl sites for hydroxylation is 2. The molecule has 1 aromatic heterocycles. The first-order valence-corrected chi connectivity index (χ1v) is 6.22. The van der Waals surface area contributed by atoms with Gasteiger partial charge >= 0.3 is 0 Å². The second kappa shape index (κ2) is 4.26. The lowest BCUT2D eigenvalue weighted by Crippen LogP contribution is -2.57. The molecule has 4 heteroatoms. The van der Waals surface area contributed by atoms with Crippen molar-refractivity contribution in [1.82, 2.24) is 9.97 Å². The molecule has 2 atom stereocenters. The quantitative estimate of drug-likeness (QED) is 0.840. The number of hydrogen-bond acceptors (Lipinski definition) is 4. The molecule has 0 saturated heterocycles. The molecule has 1 aliphatic carbocycles. The highest BCUT2D eigenvalue weighted by atomic mass is 16.3. The van der Waals surface area contributed by atoms with Crippen LogP contribution in [0.15, 0.2) is 6.07 Å². The fraction of sp³-hybridized carbons (Fsp3) is 0.692. The molecule has 1 aromatic rings. The Hall–Kier alpha value is -1.16. The largest absolute Gasteiger partial charge is 0.392 e. The number of aliphatic hydroxyl groups is 1. The predicted molar refractivity (Wildman–Crippen MR) is 68.0 cm³/mol. The smallest absolute Gasteiger partial charge is 0.130 e. The van der Waals surface area contributed by atoms with Crippen LogP contribution in [0.2, 0.25) is 0 Å². The first kappa shape index (κ1) is 12.3. The Labute approximate surface area is 102 Å². The Bertz CT molecular complexity index is 417. The fourth-order valence-corrected chi connectivity index (χ4v) is 2.21. The Morgan fingerprint density at radius 3 is 2.71 bits per heavy atom. The first-order chi connectivity index (χ1) is 7.93. The van der Waals surface area contributed by atoms with E-state index in [0.29, 0.717) is 0 Å². The van der Waals surface area contributed by atoms with E-state index in [9.17, 15) is 5.11 Å². The Balaban J connectivity index is 2.12. The fourth-order valence-electron chi connectivity index (χ4n) is 2.21. The van der Waals surface area contributed by atoms with Crippen molar-refractivity contribution in [3.63, 3.8) is 0 Å². The lowest BCUT2D eigenvalue weighted by molar-refractivity contribution is -0.0511. The number of aromatic nitrogens is 2. The van der Waals surface area contributed by atoms with E-state index in [0.717, 1.165) is 30.2 Å². The van der Waals surface area contributed by atoms with E-state index in [1.807, 2.05) is 13.0 Å². The molecule has 1 saturated carbocycles. The van der Waals surface area contributed by atoms with Crippen LogP contribution in [0.25, 0.3) is 0 Å². The van der Waals surface area contributed by atoms with E-state index >= 15 is 0 Å². The van der Waals surface area contributed by atoms with Crippen LogP contribution in [0.1, 0.15) is 38.7 Å². The summed E-state index contributed by atoms with van der Waals surface area (Å²) in [6.45, 7) is 8.15. The maximum absolute atomic E-state index is 9.71. The van der Waals surface area contributed by atoms with Crippen LogP contribution in [0.4, 0.5) is 5.82 Å². The van der Waals surface area contributed by atoms with Gasteiger partial charge in [0.15, 0.2) is 0 Å². The van der Waals surface area contributed by atoms with E-state index in [2.05, 4.69) is 36.1 Å². The molecule has 0 radical (unpaired) electrons. The van der Waals surface area contributed by atoms with Crippen LogP contribution in [0, 0.1) is 12.3 Å². The van der Waals surface area contributed by atoms with E-state index in [4.69, 9.17) is 0 Å². The van der Waals surface area contributed by atoms with Crippen molar-refractivity contribution < 1.29 is 5.11 Å². The summed E-state index contributed by atoms with van der Waals surface area (Å²) in [5.74, 6) is 1.67. The van der Waals surface area contributed by atoms with Crippen LogP contribution in [-0.2, 0) is 6.42 Å². The summed E-state index contributed by atoms with van der Waals surface area (Å²) in [5, 5.41) is 13.1. The highest BCUT2D eigenvalue weighted by Crippen LogP contribution is 2.41. The van der Waals surface area contributed by atoms with Crippen molar-refractivity contribution in [1.29, 1.82) is 0 Å². The molecule has 0 aromatic carbocycles. The van der Waals surface area contributed by atoms with Gasteiger partial charge in [-0.25, -0.2) is 9.97 Å². The van der Waals surface area contributed by atoms with Crippen molar-refractivity contribution in [2.24, 2.45) is 5.41 Å². The van der Waals surface area contributed by atoms with Crippen LogP contribution in [0.3, 0.4) is 0 Å². The molecule has 2 rings (SSSR count). The lowest BCUT2D eigenvalue weighted by atomic mass is 9.64. The Morgan fingerprint density at radius 2 is 2.18 bits per heavy atom. The van der Waals surface area contributed by atoms with Gasteiger partial charge in [0.2, 0.25) is 0 Å². The summed E-state index contributed by atoms with van der Waals surface area (Å²) >= 11 is 0. The molecule has 94 valence electrons. The summed E-state index contributed by atoms with van der Waals surface area (Å²) in [6.07, 6.45) is 1.49. The van der Waals surface area contributed by atoms with Gasteiger partial charge in [-0.05, 0) is 19.8 Å². The van der Waals surface area contributed by atoms with Gasteiger partial charge < -0.3 is 10.4 Å². The molecule has 0 spiro atoms. The van der Waals surface area contributed by atoms with Gasteiger partial charge in [0.05, 0.1) is 6.10 Å². The van der Waals surface area contributed by atoms with Crippen LogP contribution >= 0.6 is 0 Å². The van der Waals surface area contributed by atoms with Crippen LogP contribution in [0.5, 0.6) is 0 Å². The molecular formula is C13H21N3O. The predicted octanol–water partition coefficient (Wildman–Crippen LogP) is 1.92. The number of rotatable bonds is 3. The topological polar surface area (TPSA) is 58.0 Å². The highest BCUT2D eigenvalue weighted by Gasteiger charge is 2.47. The number of hydrogen-bond donors (Lipinski definition) is 2. The Kier molecular flexibility index (Phi) is 3.08. The molecule has 4 nitrogen and oxygen atoms in total. The molecule has 1 heterocycles. The minimum atomic E-state index is -0.214. The van der Waals surface area contributed by atoms with Gasteiger partial charge in [0.25, 0.3) is 0 Å². The van der Waals surface area contributed by atoms with E-state index in [1.165, 1.54) is 0 Å². The maximum atomic E-state index is 9.71. The van der Waals surface area contributed by atoms with E-state index in [1.54, 1.807) is 0 Å². The number of nitrogens with one attached hydrogen (secondary N) is 1. The van der Waals surface area contributed by atoms with Crippen molar-refractivity contribution in [3.05, 3.63) is 17.6 Å². The monoisotopic (exact) mass is 235 g/mol. The molecule has 2 N–H and O–H groups in total. The molecule has 1 aliphatic rings. The minimum Gasteiger partial charge on any atom is -0.392 e. The highest BCUT2D eigenvalue weighted by molar-refractivity contribution is 5.39. The van der Waals surface area contributed by atoms with Gasteiger partial charge in [-0.2, -0.15) is 0 Å². The van der Waals surface area contributed by atoms with Crippen LogP contribution in [-0.4, -0.2) is 27.2 Å². The number of anilines is 1. The molecule has 0 aliphatic heterocycles. The first-order valence-electron chi connectivity index (χ1n) is 6.22. The maximum Gasteiger partial charge on any atom is 0.130 e. The summed E-state index contributed by atoms with van der Waals surface area (Å²) in [6, 6.07) is 2.28. The van der Waals surface area contributed by atoms with Gasteiger partial charge in [0.1, 0.15) is 11.6 Å². The zero-order chi connectivity index (χ0) is 12.6. The van der Waals surface area contributed by atoms with Crippen molar-refractivity contribution in [3.8, 4) is 0 Å². The molecule has 17 heavy (non-hydrogen) atoms. The number of aliphatic hydroxyl groups excluding tert-OH is 1. The summed E-state index contributed by atoms with van der Waals surface area (Å²) in [5.41, 5.74) is 0.975. The third-order valence-corrected chi connectivity index (χ3v) is 3.79. The van der Waals surface area contributed by atoms with E-state index in [-0.39, 0.29) is 17.6 Å². The molecule has 2 unspecified atom stereocenters. The zero-order valence-electron chi connectivity index (χ0n) is 11.0. The Morgan fingerprint density at radius 1 is 1.47 bits per heavy atom. The van der Waals surface area contributed by atoms with Gasteiger partial charge in [-0.1, -0.05) is 20.8 Å². The average Bonchev–Trinajstić information content (AvgIpc) is 2.28. The average molecular weight is 235 g/mol. The van der Waals surface area contributed by atoms with Crippen molar-refractivity contribution in [2.75, 3.05) is 5.32 Å². The second-order valence-corrected chi connectivity index (χ2v) is 5.42. The lowest BCUT2D eigenvalue weighted by Gasteiger charge is -2.49. The normalized spacial score (nSPS) is 26.4. The van der Waals surface area contributed by atoms with Gasteiger partial charge in [-0.15, -0.1) is 0 Å². The molecule has 0 bridgehead atoms. The third-order valence-electron chi connectivity index (χ3n) is 3.79. The summed E-state index contributed by atoms with van der Waals surface area (Å²) in [7, 11) is 0. The molecule has 1 fully saturated rings. The van der Waals surface area contributed by atoms with Crippen LogP contribution < -0.4 is 5.32 Å². The SMILES string of the molecule is CCc1cc(NC2CC(O)C2(C)C)nc(C)n1. The van der Waals surface area contributed by atoms with Crippen molar-refractivity contribution in [2.45, 2.75) is 52.7 Å². The number of nitrogens with zero attached hydrogens (tertiary/aromatic N) is 2. The second-order valence-electron chi connectivity index (χ2n) is 5.42. The van der Waals surface area contributed by atoms with E-state index < -0.39 is 0 Å². The zero-order valence-corrected chi connectivity index (χ0v) is 11.0. The summed E-state index contributed by atoms with van der Waals surface area (Å²) in [4.78, 5) is 8.74. The minimum absolute atomic E-state index is 0.0781. The van der Waals surface area contributed by atoms with Gasteiger partial charge in [-0.3, -0.25) is 0 Å². The molecule has 0 amide bonds. The van der Waals surface area contributed by atoms with Gasteiger partial charge in [0, 0.05) is 23.2 Å².